The molecule has 1 aromatic heterocycles. The fourth-order valence-corrected chi connectivity index (χ4v) is 3.30. The number of hydrogen-bond acceptors (Lipinski definition) is 4. The summed E-state index contributed by atoms with van der Waals surface area (Å²) in [6, 6.07) is 6.23. The first-order chi connectivity index (χ1) is 11.3. The highest BCUT2D eigenvalue weighted by Gasteiger charge is 2.22. The molecule has 0 amide bonds. The molecule has 0 spiro atoms. The van der Waals surface area contributed by atoms with Crippen LogP contribution in [0, 0.1) is 0 Å². The number of nitrogens with zero attached hydrogens (tertiary/aromatic N) is 2. The van der Waals surface area contributed by atoms with E-state index in [2.05, 4.69) is 27.2 Å². The summed E-state index contributed by atoms with van der Waals surface area (Å²) < 4.78 is 11.0. The van der Waals surface area contributed by atoms with Crippen LogP contribution in [0.1, 0.15) is 36.8 Å². The minimum absolute atomic E-state index is 0.576. The number of methoxy groups -OCH3 is 1. The van der Waals surface area contributed by atoms with Gasteiger partial charge in [0.2, 0.25) is 0 Å². The molecule has 1 saturated heterocycles. The van der Waals surface area contributed by atoms with Gasteiger partial charge in [0.15, 0.2) is 11.5 Å². The van der Waals surface area contributed by atoms with Crippen molar-refractivity contribution >= 4 is 0 Å². The highest BCUT2D eigenvalue weighted by Crippen LogP contribution is 2.30. The summed E-state index contributed by atoms with van der Waals surface area (Å²) in [6.07, 6.45) is 6.44. The number of benzene rings is 1. The Balaban J connectivity index is 1.66. The fourth-order valence-electron chi connectivity index (χ4n) is 3.30. The number of aromatic nitrogens is 2. The van der Waals surface area contributed by atoms with E-state index in [0.29, 0.717) is 12.5 Å². The molecule has 1 aromatic carbocycles. The van der Waals surface area contributed by atoms with Gasteiger partial charge in [-0.1, -0.05) is 6.07 Å². The van der Waals surface area contributed by atoms with Crippen LogP contribution in [0.5, 0.6) is 11.5 Å². The third kappa shape index (κ3) is 3.85. The van der Waals surface area contributed by atoms with E-state index >= 15 is 0 Å². The Kier molecular flexibility index (Phi) is 5.18. The molecule has 3 rings (SSSR count). The number of piperidine rings is 1. The average molecular weight is 315 g/mol. The van der Waals surface area contributed by atoms with Crippen LogP contribution in [0.4, 0.5) is 0 Å². The lowest BCUT2D eigenvalue weighted by Crippen LogP contribution is -2.33. The van der Waals surface area contributed by atoms with Crippen molar-refractivity contribution < 1.29 is 9.47 Å². The number of H-pyrrole nitrogens is 1. The lowest BCUT2D eigenvalue weighted by Gasteiger charge is -2.32. The Morgan fingerprint density at radius 3 is 3.00 bits per heavy atom. The molecule has 5 heteroatoms. The van der Waals surface area contributed by atoms with Gasteiger partial charge in [0.25, 0.3) is 0 Å². The molecule has 23 heavy (non-hydrogen) atoms. The number of likely N-dealkylation sites (tertiary alicyclic amines) is 1. The Hall–Kier alpha value is -2.01. The standard InChI is InChI=1S/C18H25N3O2/c1-3-23-17-7-6-14(9-18(17)22-2)12-21-8-4-5-15(13-21)16-10-19-20-11-16/h6-7,9-11,15H,3-5,8,12-13H2,1-2H3,(H,19,20). The monoisotopic (exact) mass is 315 g/mol. The van der Waals surface area contributed by atoms with E-state index in [4.69, 9.17) is 9.47 Å². The van der Waals surface area contributed by atoms with Gasteiger partial charge in [0, 0.05) is 19.3 Å². The average Bonchev–Trinajstić information content (AvgIpc) is 3.11. The van der Waals surface area contributed by atoms with Crippen LogP contribution < -0.4 is 9.47 Å². The molecule has 1 fully saturated rings. The van der Waals surface area contributed by atoms with Crippen molar-refractivity contribution in [3.8, 4) is 11.5 Å². The second-order valence-corrected chi connectivity index (χ2v) is 6.02. The first kappa shape index (κ1) is 15.9. The van der Waals surface area contributed by atoms with Crippen molar-refractivity contribution in [1.29, 1.82) is 0 Å². The third-order valence-corrected chi connectivity index (χ3v) is 4.43. The van der Waals surface area contributed by atoms with Crippen LogP contribution in [0.15, 0.2) is 30.6 Å². The Labute approximate surface area is 137 Å². The summed E-state index contributed by atoms with van der Waals surface area (Å²) in [5.41, 5.74) is 2.58. The predicted molar refractivity (Wildman–Crippen MR) is 90.0 cm³/mol. The summed E-state index contributed by atoms with van der Waals surface area (Å²) in [7, 11) is 1.69. The predicted octanol–water partition coefficient (Wildman–Crippen LogP) is 3.20. The van der Waals surface area contributed by atoms with E-state index in [1.54, 1.807) is 7.11 Å². The van der Waals surface area contributed by atoms with Gasteiger partial charge in [0.05, 0.1) is 19.9 Å². The van der Waals surface area contributed by atoms with Gasteiger partial charge in [-0.3, -0.25) is 10.00 Å². The van der Waals surface area contributed by atoms with Crippen LogP contribution >= 0.6 is 0 Å². The molecule has 0 bridgehead atoms. The van der Waals surface area contributed by atoms with Crippen LogP contribution in [-0.4, -0.2) is 41.9 Å². The molecular weight excluding hydrogens is 290 g/mol. The van der Waals surface area contributed by atoms with Crippen LogP contribution in [0.2, 0.25) is 0 Å². The van der Waals surface area contributed by atoms with Gasteiger partial charge in [-0.25, -0.2) is 0 Å². The van der Waals surface area contributed by atoms with E-state index in [1.807, 2.05) is 25.4 Å². The van der Waals surface area contributed by atoms with Gasteiger partial charge >= 0.3 is 0 Å². The van der Waals surface area contributed by atoms with Crippen molar-refractivity contribution in [1.82, 2.24) is 15.1 Å². The summed E-state index contributed by atoms with van der Waals surface area (Å²) in [6.45, 7) is 5.79. The van der Waals surface area contributed by atoms with Crippen molar-refractivity contribution in [2.75, 3.05) is 26.8 Å². The maximum Gasteiger partial charge on any atom is 0.161 e. The van der Waals surface area contributed by atoms with E-state index in [-0.39, 0.29) is 0 Å². The molecule has 1 aliphatic heterocycles. The third-order valence-electron chi connectivity index (χ3n) is 4.43. The molecule has 2 aromatic rings. The van der Waals surface area contributed by atoms with Crippen LogP contribution in [-0.2, 0) is 6.54 Å². The zero-order valence-corrected chi connectivity index (χ0v) is 13.9. The Morgan fingerprint density at radius 2 is 2.26 bits per heavy atom. The number of nitrogens with one attached hydrogen (secondary N) is 1. The number of rotatable bonds is 6. The summed E-state index contributed by atoms with van der Waals surface area (Å²) in [5, 5.41) is 7.01. The molecule has 124 valence electrons. The number of hydrogen-bond donors (Lipinski definition) is 1. The summed E-state index contributed by atoms with van der Waals surface area (Å²) in [5.74, 6) is 2.20. The molecule has 0 radical (unpaired) electrons. The largest absolute Gasteiger partial charge is 0.493 e. The molecule has 0 saturated carbocycles. The van der Waals surface area contributed by atoms with Crippen molar-refractivity contribution in [2.24, 2.45) is 0 Å². The molecule has 0 aliphatic carbocycles. The van der Waals surface area contributed by atoms with Gasteiger partial charge in [-0.15, -0.1) is 0 Å². The van der Waals surface area contributed by atoms with Gasteiger partial charge < -0.3 is 9.47 Å². The second-order valence-electron chi connectivity index (χ2n) is 6.02. The van der Waals surface area contributed by atoms with Gasteiger partial charge in [-0.2, -0.15) is 5.10 Å². The Morgan fingerprint density at radius 1 is 1.35 bits per heavy atom. The smallest absolute Gasteiger partial charge is 0.161 e. The minimum atomic E-state index is 0.576. The topological polar surface area (TPSA) is 50.4 Å². The molecule has 1 atom stereocenters. The zero-order chi connectivity index (χ0) is 16.1. The minimum Gasteiger partial charge on any atom is -0.493 e. The van der Waals surface area contributed by atoms with Gasteiger partial charge in [0.1, 0.15) is 0 Å². The van der Waals surface area contributed by atoms with Crippen LogP contribution in [0.3, 0.4) is 0 Å². The molecule has 1 aliphatic rings. The second kappa shape index (κ2) is 7.51. The molecule has 5 nitrogen and oxygen atoms in total. The maximum absolute atomic E-state index is 5.59. The SMILES string of the molecule is CCOc1ccc(CN2CCCC(c3cn[nH]c3)C2)cc1OC. The van der Waals surface area contributed by atoms with Crippen molar-refractivity contribution in [3.05, 3.63) is 41.7 Å². The Bertz CT molecular complexity index is 613. The quantitative estimate of drug-likeness (QED) is 0.889. The molecular formula is C18H25N3O2. The van der Waals surface area contributed by atoms with Crippen molar-refractivity contribution in [3.63, 3.8) is 0 Å². The first-order valence-electron chi connectivity index (χ1n) is 8.31. The zero-order valence-electron chi connectivity index (χ0n) is 13.9. The van der Waals surface area contributed by atoms with E-state index < -0.39 is 0 Å². The summed E-state index contributed by atoms with van der Waals surface area (Å²) >= 11 is 0. The van der Waals surface area contributed by atoms with Gasteiger partial charge in [-0.05, 0) is 55.5 Å². The molecule has 2 heterocycles. The maximum atomic E-state index is 5.59. The molecule has 1 unspecified atom stereocenters. The highest BCUT2D eigenvalue weighted by molar-refractivity contribution is 5.43. The highest BCUT2D eigenvalue weighted by atomic mass is 16.5. The lowest BCUT2D eigenvalue weighted by molar-refractivity contribution is 0.200. The van der Waals surface area contributed by atoms with Crippen LogP contribution in [0.25, 0.3) is 0 Å². The lowest BCUT2D eigenvalue weighted by atomic mass is 9.92. The van der Waals surface area contributed by atoms with Crippen molar-refractivity contribution in [2.45, 2.75) is 32.2 Å². The van der Waals surface area contributed by atoms with E-state index in [0.717, 1.165) is 31.1 Å². The normalized spacial score (nSPS) is 18.8. The van der Waals surface area contributed by atoms with E-state index in [1.165, 1.54) is 24.0 Å². The number of ether oxygens (including phenoxy) is 2. The van der Waals surface area contributed by atoms with E-state index in [9.17, 15) is 0 Å². The summed E-state index contributed by atoms with van der Waals surface area (Å²) in [4.78, 5) is 2.51. The fraction of sp³-hybridized carbons (Fsp3) is 0.500. The number of aromatic amines is 1. The molecule has 1 N–H and O–H groups in total. The first-order valence-corrected chi connectivity index (χ1v) is 8.31.